The van der Waals surface area contributed by atoms with E-state index in [-0.39, 0.29) is 30.2 Å². The summed E-state index contributed by atoms with van der Waals surface area (Å²) in [6.45, 7) is 3.99. The molecule has 1 aromatic rings. The van der Waals surface area contributed by atoms with Gasteiger partial charge in [-0.05, 0) is 37.1 Å². The summed E-state index contributed by atoms with van der Waals surface area (Å²) >= 11 is 0. The molecule has 2 heterocycles. The van der Waals surface area contributed by atoms with Gasteiger partial charge in [-0.3, -0.25) is 9.59 Å². The lowest BCUT2D eigenvalue weighted by atomic mass is 9.88. The van der Waals surface area contributed by atoms with Gasteiger partial charge in [-0.1, -0.05) is 25.1 Å². The Morgan fingerprint density at radius 1 is 1.33 bits per heavy atom. The van der Waals surface area contributed by atoms with Crippen molar-refractivity contribution in [2.75, 3.05) is 18.4 Å². The van der Waals surface area contributed by atoms with Crippen LogP contribution in [0.1, 0.15) is 31.2 Å². The van der Waals surface area contributed by atoms with E-state index >= 15 is 0 Å². The van der Waals surface area contributed by atoms with E-state index in [2.05, 4.69) is 22.9 Å². The van der Waals surface area contributed by atoms with Crippen LogP contribution in [0, 0.1) is 5.92 Å². The molecule has 0 spiro atoms. The molecule has 2 amide bonds. The summed E-state index contributed by atoms with van der Waals surface area (Å²) in [5.74, 6) is -0.0874. The maximum atomic E-state index is 12.6. The number of hydrogen-bond acceptors (Lipinski definition) is 3. The molecule has 1 fully saturated rings. The summed E-state index contributed by atoms with van der Waals surface area (Å²) in [6, 6.07) is 7.74. The van der Waals surface area contributed by atoms with Gasteiger partial charge in [0.25, 0.3) is 0 Å². The fourth-order valence-electron chi connectivity index (χ4n) is 3.16. The number of amides is 2. The quantitative estimate of drug-likeness (QED) is 0.766. The molecule has 0 saturated carbocycles. The number of nitrogens with one attached hydrogen (secondary N) is 3. The SMILES string of the molecule is CC1CNCCC1NC(=O)C1CC(=O)Nc2ccccc21. The molecular formula is C16H21N3O2. The van der Waals surface area contributed by atoms with Crippen molar-refractivity contribution >= 4 is 17.5 Å². The molecular weight excluding hydrogens is 266 g/mol. The first kappa shape index (κ1) is 14.1. The molecule has 1 aromatic carbocycles. The Kier molecular flexibility index (Phi) is 3.92. The Hall–Kier alpha value is -1.88. The highest BCUT2D eigenvalue weighted by atomic mass is 16.2. The van der Waals surface area contributed by atoms with E-state index in [9.17, 15) is 9.59 Å². The number of carbonyl (C=O) groups is 2. The van der Waals surface area contributed by atoms with Gasteiger partial charge in [0.1, 0.15) is 0 Å². The number of anilines is 1. The number of benzene rings is 1. The molecule has 0 bridgehead atoms. The summed E-state index contributed by atoms with van der Waals surface area (Å²) in [4.78, 5) is 24.4. The molecule has 3 unspecified atom stereocenters. The van der Waals surface area contributed by atoms with Gasteiger partial charge in [-0.2, -0.15) is 0 Å². The predicted molar refractivity (Wildman–Crippen MR) is 81.0 cm³/mol. The van der Waals surface area contributed by atoms with E-state index in [1.807, 2.05) is 24.3 Å². The molecule has 0 aliphatic carbocycles. The van der Waals surface area contributed by atoms with Crippen LogP contribution < -0.4 is 16.0 Å². The van der Waals surface area contributed by atoms with Crippen LogP contribution in [0.3, 0.4) is 0 Å². The summed E-state index contributed by atoms with van der Waals surface area (Å²) in [5, 5.41) is 9.29. The minimum Gasteiger partial charge on any atom is -0.352 e. The van der Waals surface area contributed by atoms with Crippen molar-refractivity contribution < 1.29 is 9.59 Å². The number of carbonyl (C=O) groups excluding carboxylic acids is 2. The van der Waals surface area contributed by atoms with Crippen molar-refractivity contribution in [1.82, 2.24) is 10.6 Å². The number of rotatable bonds is 2. The summed E-state index contributed by atoms with van der Waals surface area (Å²) in [6.07, 6.45) is 1.16. The molecule has 3 N–H and O–H groups in total. The van der Waals surface area contributed by atoms with Gasteiger partial charge in [0.05, 0.1) is 5.92 Å². The predicted octanol–water partition coefficient (Wildman–Crippen LogP) is 1.23. The average molecular weight is 287 g/mol. The third-order valence-corrected chi connectivity index (χ3v) is 4.43. The monoisotopic (exact) mass is 287 g/mol. The first-order valence-electron chi connectivity index (χ1n) is 7.55. The van der Waals surface area contributed by atoms with E-state index in [0.717, 1.165) is 30.8 Å². The Morgan fingerprint density at radius 3 is 2.95 bits per heavy atom. The largest absolute Gasteiger partial charge is 0.352 e. The van der Waals surface area contributed by atoms with Crippen molar-refractivity contribution in [3.63, 3.8) is 0 Å². The molecule has 5 heteroatoms. The Morgan fingerprint density at radius 2 is 2.14 bits per heavy atom. The van der Waals surface area contributed by atoms with E-state index in [0.29, 0.717) is 5.92 Å². The van der Waals surface area contributed by atoms with Gasteiger partial charge in [-0.25, -0.2) is 0 Å². The Bertz CT molecular complexity index is 558. The lowest BCUT2D eigenvalue weighted by molar-refractivity contribution is -0.127. The lowest BCUT2D eigenvalue weighted by Gasteiger charge is -2.32. The van der Waals surface area contributed by atoms with Gasteiger partial charge in [0, 0.05) is 18.2 Å². The van der Waals surface area contributed by atoms with Crippen LogP contribution in [0.5, 0.6) is 0 Å². The third kappa shape index (κ3) is 2.93. The van der Waals surface area contributed by atoms with Crippen LogP contribution in [0.15, 0.2) is 24.3 Å². The normalized spacial score (nSPS) is 28.4. The van der Waals surface area contributed by atoms with Gasteiger partial charge in [0.2, 0.25) is 11.8 Å². The van der Waals surface area contributed by atoms with Crippen LogP contribution >= 0.6 is 0 Å². The molecule has 0 aromatic heterocycles. The molecule has 3 rings (SSSR count). The smallest absolute Gasteiger partial charge is 0.228 e. The Labute approximate surface area is 124 Å². The van der Waals surface area contributed by atoms with Crippen LogP contribution in [0.4, 0.5) is 5.69 Å². The van der Waals surface area contributed by atoms with Crippen molar-refractivity contribution in [3.05, 3.63) is 29.8 Å². The van der Waals surface area contributed by atoms with Crippen molar-refractivity contribution in [2.45, 2.75) is 31.7 Å². The minimum atomic E-state index is -0.378. The second-order valence-electron chi connectivity index (χ2n) is 5.98. The zero-order valence-corrected chi connectivity index (χ0v) is 12.2. The van der Waals surface area contributed by atoms with Crippen LogP contribution in [-0.4, -0.2) is 30.9 Å². The van der Waals surface area contributed by atoms with Gasteiger partial charge in [-0.15, -0.1) is 0 Å². The number of hydrogen-bond donors (Lipinski definition) is 3. The summed E-state index contributed by atoms with van der Waals surface area (Å²) in [7, 11) is 0. The van der Waals surface area contributed by atoms with Crippen molar-refractivity contribution in [1.29, 1.82) is 0 Å². The van der Waals surface area contributed by atoms with E-state index in [1.54, 1.807) is 0 Å². The standard InChI is InChI=1S/C16H21N3O2/c1-10-9-17-7-6-13(10)19-16(21)12-8-15(20)18-14-5-3-2-4-11(12)14/h2-5,10,12-13,17H,6-9H2,1H3,(H,18,20)(H,19,21). The maximum absolute atomic E-state index is 12.6. The minimum absolute atomic E-state index is 0.0314. The molecule has 5 nitrogen and oxygen atoms in total. The van der Waals surface area contributed by atoms with Gasteiger partial charge >= 0.3 is 0 Å². The summed E-state index contributed by atoms with van der Waals surface area (Å²) in [5.41, 5.74) is 1.67. The molecule has 1 saturated heterocycles. The lowest BCUT2D eigenvalue weighted by Crippen LogP contribution is -2.50. The van der Waals surface area contributed by atoms with Gasteiger partial charge in [0.15, 0.2) is 0 Å². The molecule has 2 aliphatic heterocycles. The van der Waals surface area contributed by atoms with Crippen LogP contribution in [-0.2, 0) is 9.59 Å². The van der Waals surface area contributed by atoms with E-state index in [1.165, 1.54) is 0 Å². The molecule has 0 radical (unpaired) electrons. The number of para-hydroxylation sites is 1. The second kappa shape index (κ2) is 5.85. The van der Waals surface area contributed by atoms with Crippen LogP contribution in [0.25, 0.3) is 0 Å². The maximum Gasteiger partial charge on any atom is 0.228 e. The molecule has 2 aliphatic rings. The highest BCUT2D eigenvalue weighted by molar-refractivity contribution is 6.01. The first-order valence-corrected chi connectivity index (χ1v) is 7.55. The fourth-order valence-corrected chi connectivity index (χ4v) is 3.16. The zero-order chi connectivity index (χ0) is 14.8. The van der Waals surface area contributed by atoms with Crippen molar-refractivity contribution in [2.24, 2.45) is 5.92 Å². The first-order chi connectivity index (χ1) is 10.1. The highest BCUT2D eigenvalue weighted by Gasteiger charge is 2.32. The van der Waals surface area contributed by atoms with E-state index in [4.69, 9.17) is 0 Å². The Balaban J connectivity index is 1.77. The zero-order valence-electron chi connectivity index (χ0n) is 12.2. The molecule has 112 valence electrons. The van der Waals surface area contributed by atoms with Crippen LogP contribution in [0.2, 0.25) is 0 Å². The summed E-state index contributed by atoms with van der Waals surface area (Å²) < 4.78 is 0. The molecule has 21 heavy (non-hydrogen) atoms. The third-order valence-electron chi connectivity index (χ3n) is 4.43. The topological polar surface area (TPSA) is 70.2 Å². The average Bonchev–Trinajstić information content (AvgIpc) is 2.48. The van der Waals surface area contributed by atoms with Gasteiger partial charge < -0.3 is 16.0 Å². The number of piperidine rings is 1. The molecule has 3 atom stereocenters. The second-order valence-corrected chi connectivity index (χ2v) is 5.98. The number of fused-ring (bicyclic) bond motifs is 1. The fraction of sp³-hybridized carbons (Fsp3) is 0.500. The highest BCUT2D eigenvalue weighted by Crippen LogP contribution is 2.32. The van der Waals surface area contributed by atoms with Crippen molar-refractivity contribution in [3.8, 4) is 0 Å². The van der Waals surface area contributed by atoms with E-state index < -0.39 is 0 Å².